The highest BCUT2D eigenvalue weighted by Gasteiger charge is 2.07. The Morgan fingerprint density at radius 3 is 2.33 bits per heavy atom. The average molecular weight is 132 g/mol. The highest BCUT2D eigenvalue weighted by atomic mass is 16.3. The van der Waals surface area contributed by atoms with Gasteiger partial charge < -0.3 is 15.3 Å². The Labute approximate surface area is 54.3 Å². The number of hydrogen-bond acceptors (Lipinski definition) is 3. The number of aliphatic hydroxyl groups is 3. The molecule has 0 aromatic carbocycles. The topological polar surface area (TPSA) is 60.7 Å². The summed E-state index contributed by atoms with van der Waals surface area (Å²) in [7, 11) is 0. The van der Waals surface area contributed by atoms with Gasteiger partial charge in [0.2, 0.25) is 0 Å². The quantitative estimate of drug-likeness (QED) is 0.480. The summed E-state index contributed by atoms with van der Waals surface area (Å²) < 4.78 is 0. The lowest BCUT2D eigenvalue weighted by molar-refractivity contribution is 0.0334. The molecule has 3 nitrogen and oxygen atoms in total. The largest absolute Gasteiger partial charge is 0.516 e. The van der Waals surface area contributed by atoms with Gasteiger partial charge in [-0.05, 0) is 19.4 Å². The Morgan fingerprint density at radius 1 is 1.44 bits per heavy atom. The predicted molar refractivity (Wildman–Crippen MR) is 34.1 cm³/mol. The van der Waals surface area contributed by atoms with Crippen molar-refractivity contribution in [2.45, 2.75) is 25.6 Å². The van der Waals surface area contributed by atoms with Crippen molar-refractivity contribution in [1.82, 2.24) is 0 Å². The minimum atomic E-state index is -0.770. The van der Waals surface area contributed by atoms with Crippen molar-refractivity contribution < 1.29 is 15.3 Å². The lowest BCUT2D eigenvalue weighted by Crippen LogP contribution is -2.21. The molecule has 3 heteroatoms. The summed E-state index contributed by atoms with van der Waals surface area (Å²) in [6, 6.07) is 0. The van der Waals surface area contributed by atoms with Crippen molar-refractivity contribution in [2.75, 3.05) is 0 Å². The summed E-state index contributed by atoms with van der Waals surface area (Å²) in [5, 5.41) is 25.7. The number of rotatable bonds is 3. The maximum atomic E-state index is 8.85. The molecule has 0 saturated carbocycles. The molecule has 0 amide bonds. The van der Waals surface area contributed by atoms with E-state index >= 15 is 0 Å². The van der Waals surface area contributed by atoms with Gasteiger partial charge in [0.15, 0.2) is 0 Å². The van der Waals surface area contributed by atoms with Crippen LogP contribution in [-0.4, -0.2) is 27.5 Å². The second kappa shape index (κ2) is 4.35. The lowest BCUT2D eigenvalue weighted by atomic mass is 10.2. The molecule has 0 aliphatic heterocycles. The fourth-order valence-electron chi connectivity index (χ4n) is 0.397. The first-order chi connectivity index (χ1) is 4.18. The number of aliphatic hydroxyl groups excluding tert-OH is 3. The van der Waals surface area contributed by atoms with Gasteiger partial charge in [0.1, 0.15) is 0 Å². The molecule has 0 spiro atoms. The molecule has 0 radical (unpaired) electrons. The van der Waals surface area contributed by atoms with Crippen LogP contribution < -0.4 is 0 Å². The van der Waals surface area contributed by atoms with Crippen LogP contribution in [0.15, 0.2) is 12.3 Å². The van der Waals surface area contributed by atoms with Crippen LogP contribution in [0, 0.1) is 0 Å². The highest BCUT2D eigenvalue weighted by molar-refractivity contribution is 4.78. The second-order valence-corrected chi connectivity index (χ2v) is 1.93. The van der Waals surface area contributed by atoms with Crippen molar-refractivity contribution >= 4 is 0 Å². The van der Waals surface area contributed by atoms with Crippen molar-refractivity contribution in [2.24, 2.45) is 0 Å². The maximum absolute atomic E-state index is 8.85. The molecule has 0 heterocycles. The van der Waals surface area contributed by atoms with Gasteiger partial charge >= 0.3 is 0 Å². The first-order valence-corrected chi connectivity index (χ1v) is 2.84. The third kappa shape index (κ3) is 4.00. The van der Waals surface area contributed by atoms with Crippen molar-refractivity contribution in [1.29, 1.82) is 0 Å². The third-order valence-corrected chi connectivity index (χ3v) is 1.04. The first-order valence-electron chi connectivity index (χ1n) is 2.84. The number of hydrogen-bond donors (Lipinski definition) is 3. The minimum absolute atomic E-state index is 0.286. The molecule has 0 aromatic rings. The van der Waals surface area contributed by atoms with E-state index in [-0.39, 0.29) is 6.42 Å². The lowest BCUT2D eigenvalue weighted by Gasteiger charge is -2.09. The Balaban J connectivity index is 3.38. The Morgan fingerprint density at radius 2 is 2.00 bits per heavy atom. The van der Waals surface area contributed by atoms with Gasteiger partial charge in [-0.2, -0.15) is 0 Å². The molecule has 0 bridgehead atoms. The van der Waals surface area contributed by atoms with Crippen LogP contribution in [0.4, 0.5) is 0 Å². The van der Waals surface area contributed by atoms with Crippen molar-refractivity contribution in [3.8, 4) is 0 Å². The Bertz CT molecular complexity index is 88.3. The van der Waals surface area contributed by atoms with Gasteiger partial charge in [-0.1, -0.05) is 0 Å². The molecule has 0 fully saturated rings. The zero-order chi connectivity index (χ0) is 7.28. The summed E-state index contributed by atoms with van der Waals surface area (Å²) in [6.45, 7) is 1.50. The van der Waals surface area contributed by atoms with E-state index in [9.17, 15) is 0 Å². The van der Waals surface area contributed by atoms with E-state index in [0.29, 0.717) is 0 Å². The van der Waals surface area contributed by atoms with E-state index in [1.807, 2.05) is 0 Å². The molecule has 0 aliphatic rings. The summed E-state index contributed by atoms with van der Waals surface area (Å²) >= 11 is 0. The fourth-order valence-corrected chi connectivity index (χ4v) is 0.397. The van der Waals surface area contributed by atoms with E-state index in [0.717, 1.165) is 6.26 Å². The van der Waals surface area contributed by atoms with Gasteiger partial charge in [-0.15, -0.1) is 0 Å². The average Bonchev–Trinajstić information content (AvgIpc) is 1.82. The van der Waals surface area contributed by atoms with Gasteiger partial charge in [0.25, 0.3) is 0 Å². The molecule has 0 unspecified atom stereocenters. The van der Waals surface area contributed by atoms with Crippen LogP contribution in [-0.2, 0) is 0 Å². The summed E-state index contributed by atoms with van der Waals surface area (Å²) in [5.41, 5.74) is 0. The van der Waals surface area contributed by atoms with Crippen LogP contribution in [0.5, 0.6) is 0 Å². The normalized spacial score (nSPS) is 18.1. The Kier molecular flexibility index (Phi) is 4.09. The van der Waals surface area contributed by atoms with E-state index in [4.69, 9.17) is 15.3 Å². The van der Waals surface area contributed by atoms with Crippen LogP contribution in [0.25, 0.3) is 0 Å². The molecule has 9 heavy (non-hydrogen) atoms. The van der Waals surface area contributed by atoms with Crippen LogP contribution in [0.3, 0.4) is 0 Å². The van der Waals surface area contributed by atoms with Crippen LogP contribution >= 0.6 is 0 Å². The van der Waals surface area contributed by atoms with Crippen LogP contribution in [0.2, 0.25) is 0 Å². The summed E-state index contributed by atoms with van der Waals surface area (Å²) in [6.07, 6.45) is 1.02. The van der Waals surface area contributed by atoms with E-state index < -0.39 is 12.2 Å². The monoisotopic (exact) mass is 132 g/mol. The van der Waals surface area contributed by atoms with Gasteiger partial charge in [0, 0.05) is 0 Å². The second-order valence-electron chi connectivity index (χ2n) is 1.93. The fraction of sp³-hybridized carbons (Fsp3) is 0.667. The van der Waals surface area contributed by atoms with Crippen molar-refractivity contribution in [3.63, 3.8) is 0 Å². The SMILES string of the molecule is C[C@H](O)[C@H](O)C/C=C/O. The minimum Gasteiger partial charge on any atom is -0.516 e. The molecule has 0 saturated heterocycles. The predicted octanol–water partition coefficient (Wildman–Crippen LogP) is 0.190. The molecule has 3 N–H and O–H groups in total. The summed E-state index contributed by atoms with van der Waals surface area (Å²) in [4.78, 5) is 0. The molecule has 2 atom stereocenters. The van der Waals surface area contributed by atoms with Crippen molar-refractivity contribution in [3.05, 3.63) is 12.3 Å². The molecule has 0 aromatic heterocycles. The van der Waals surface area contributed by atoms with Gasteiger partial charge in [-0.25, -0.2) is 0 Å². The van der Waals surface area contributed by atoms with E-state index in [2.05, 4.69) is 0 Å². The molecule has 54 valence electrons. The third-order valence-electron chi connectivity index (χ3n) is 1.04. The molecule has 0 aliphatic carbocycles. The Hall–Kier alpha value is -0.540. The van der Waals surface area contributed by atoms with Crippen LogP contribution in [0.1, 0.15) is 13.3 Å². The summed E-state index contributed by atoms with van der Waals surface area (Å²) in [5.74, 6) is 0. The smallest absolute Gasteiger partial charge is 0.0831 e. The van der Waals surface area contributed by atoms with E-state index in [1.54, 1.807) is 0 Å². The standard InChI is InChI=1S/C6H12O3/c1-5(8)6(9)3-2-4-7/h2,4-9H,3H2,1H3/b4-2+/t5-,6+/m0/s1. The van der Waals surface area contributed by atoms with E-state index in [1.165, 1.54) is 13.0 Å². The highest BCUT2D eigenvalue weighted by Crippen LogP contribution is 1.97. The van der Waals surface area contributed by atoms with Gasteiger partial charge in [0.05, 0.1) is 18.5 Å². The molecular weight excluding hydrogens is 120 g/mol. The van der Waals surface area contributed by atoms with Gasteiger partial charge in [-0.3, -0.25) is 0 Å². The molecule has 0 rings (SSSR count). The molecular formula is C6H12O3. The zero-order valence-corrected chi connectivity index (χ0v) is 5.36. The first kappa shape index (κ1) is 8.46. The maximum Gasteiger partial charge on any atom is 0.0831 e. The zero-order valence-electron chi connectivity index (χ0n) is 5.36.